The average Bonchev–Trinajstić information content (AvgIpc) is 3.24. The summed E-state index contributed by atoms with van der Waals surface area (Å²) in [5, 5.41) is 3.71. The van der Waals surface area contributed by atoms with Crippen LogP contribution in [0.15, 0.2) is 18.6 Å². The van der Waals surface area contributed by atoms with Crippen molar-refractivity contribution >= 4 is 0 Å². The number of nitrogens with zero attached hydrogens (tertiary/aromatic N) is 2. The number of nitrogens with one attached hydrogen (secondary N) is 1. The summed E-state index contributed by atoms with van der Waals surface area (Å²) >= 11 is 0. The summed E-state index contributed by atoms with van der Waals surface area (Å²) in [6, 6.07) is 0.816. The highest BCUT2D eigenvalue weighted by Gasteiger charge is 2.28. The fraction of sp³-hybridized carbons (Fsp3) is 0.733. The number of aromatic nitrogens is 2. The topological polar surface area (TPSA) is 37.8 Å². The molecule has 2 saturated carbocycles. The zero-order valence-electron chi connectivity index (χ0n) is 11.0. The van der Waals surface area contributed by atoms with E-state index in [-0.39, 0.29) is 0 Å². The van der Waals surface area contributed by atoms with Gasteiger partial charge in [0, 0.05) is 30.6 Å². The van der Waals surface area contributed by atoms with Crippen LogP contribution in [-0.4, -0.2) is 22.6 Å². The van der Waals surface area contributed by atoms with E-state index in [1.54, 1.807) is 6.20 Å². The number of rotatable bonds is 4. The maximum Gasteiger partial charge on any atom is 0.0620 e. The van der Waals surface area contributed by atoms with Crippen LogP contribution in [0.25, 0.3) is 0 Å². The van der Waals surface area contributed by atoms with Crippen LogP contribution in [0.2, 0.25) is 0 Å². The molecule has 3 heteroatoms. The first kappa shape index (κ1) is 12.1. The molecule has 0 saturated heterocycles. The SMILES string of the molecule is c1cnc(C2CCCCCC2CNC2CC2)cn1. The summed E-state index contributed by atoms with van der Waals surface area (Å²) in [6.07, 6.45) is 15.1. The fourth-order valence-electron chi connectivity index (χ4n) is 3.13. The van der Waals surface area contributed by atoms with Crippen molar-refractivity contribution in [2.45, 2.75) is 56.9 Å². The Balaban J connectivity index is 1.69. The lowest BCUT2D eigenvalue weighted by atomic mass is 9.85. The molecule has 1 aromatic heterocycles. The van der Waals surface area contributed by atoms with E-state index in [1.807, 2.05) is 12.4 Å². The van der Waals surface area contributed by atoms with E-state index < -0.39 is 0 Å². The van der Waals surface area contributed by atoms with Crippen LogP contribution in [-0.2, 0) is 0 Å². The van der Waals surface area contributed by atoms with E-state index in [4.69, 9.17) is 0 Å². The third kappa shape index (κ3) is 3.08. The van der Waals surface area contributed by atoms with E-state index in [0.717, 1.165) is 12.0 Å². The summed E-state index contributed by atoms with van der Waals surface area (Å²) < 4.78 is 0. The van der Waals surface area contributed by atoms with Gasteiger partial charge in [-0.1, -0.05) is 19.3 Å². The smallest absolute Gasteiger partial charge is 0.0620 e. The van der Waals surface area contributed by atoms with Crippen LogP contribution in [0.1, 0.15) is 56.6 Å². The molecule has 0 bridgehead atoms. The lowest BCUT2D eigenvalue weighted by Gasteiger charge is -2.24. The molecule has 1 N–H and O–H groups in total. The molecule has 0 aromatic carbocycles. The van der Waals surface area contributed by atoms with Gasteiger partial charge >= 0.3 is 0 Å². The third-order valence-electron chi connectivity index (χ3n) is 4.37. The first-order valence-corrected chi connectivity index (χ1v) is 7.43. The Hall–Kier alpha value is -0.960. The van der Waals surface area contributed by atoms with Crippen molar-refractivity contribution in [2.75, 3.05) is 6.54 Å². The highest BCUT2D eigenvalue weighted by molar-refractivity contribution is 5.06. The standard InChI is InChI=1S/C15H23N3/c1-2-4-12(10-18-13-6-7-13)14(5-3-1)15-11-16-8-9-17-15/h8-9,11-14,18H,1-7,10H2. The second-order valence-corrected chi connectivity index (χ2v) is 5.82. The van der Waals surface area contributed by atoms with Gasteiger partial charge in [-0.2, -0.15) is 0 Å². The Morgan fingerprint density at radius 1 is 1.06 bits per heavy atom. The third-order valence-corrected chi connectivity index (χ3v) is 4.37. The van der Waals surface area contributed by atoms with Crippen molar-refractivity contribution in [3.63, 3.8) is 0 Å². The van der Waals surface area contributed by atoms with Crippen LogP contribution in [0.3, 0.4) is 0 Å². The van der Waals surface area contributed by atoms with Crippen molar-refractivity contribution in [3.05, 3.63) is 24.3 Å². The largest absolute Gasteiger partial charge is 0.314 e. The molecule has 18 heavy (non-hydrogen) atoms. The minimum Gasteiger partial charge on any atom is -0.314 e. The molecule has 0 spiro atoms. The molecular weight excluding hydrogens is 222 g/mol. The number of hydrogen-bond donors (Lipinski definition) is 1. The van der Waals surface area contributed by atoms with Gasteiger partial charge in [-0.05, 0) is 38.1 Å². The summed E-state index contributed by atoms with van der Waals surface area (Å²) in [5.41, 5.74) is 1.21. The van der Waals surface area contributed by atoms with Gasteiger partial charge in [0.05, 0.1) is 5.69 Å². The first-order valence-electron chi connectivity index (χ1n) is 7.43. The maximum atomic E-state index is 4.55. The van der Waals surface area contributed by atoms with Crippen molar-refractivity contribution in [1.29, 1.82) is 0 Å². The molecular formula is C15H23N3. The Morgan fingerprint density at radius 2 is 1.94 bits per heavy atom. The van der Waals surface area contributed by atoms with Gasteiger partial charge in [0.15, 0.2) is 0 Å². The Labute approximate surface area is 109 Å². The van der Waals surface area contributed by atoms with E-state index in [2.05, 4.69) is 15.3 Å². The van der Waals surface area contributed by atoms with Crippen LogP contribution in [0.5, 0.6) is 0 Å². The lowest BCUT2D eigenvalue weighted by molar-refractivity contribution is 0.368. The second kappa shape index (κ2) is 5.79. The van der Waals surface area contributed by atoms with Gasteiger partial charge in [0.2, 0.25) is 0 Å². The van der Waals surface area contributed by atoms with Crippen LogP contribution in [0.4, 0.5) is 0 Å². The molecule has 2 aliphatic rings. The van der Waals surface area contributed by atoms with E-state index >= 15 is 0 Å². The zero-order chi connectivity index (χ0) is 12.2. The van der Waals surface area contributed by atoms with Crippen molar-refractivity contribution in [1.82, 2.24) is 15.3 Å². The van der Waals surface area contributed by atoms with Gasteiger partial charge in [-0.15, -0.1) is 0 Å². The molecule has 2 atom stereocenters. The predicted octanol–water partition coefficient (Wildman–Crippen LogP) is 2.89. The normalized spacial score (nSPS) is 28.9. The molecule has 3 rings (SSSR count). The Kier molecular flexibility index (Phi) is 3.89. The molecule has 0 radical (unpaired) electrons. The quantitative estimate of drug-likeness (QED) is 0.829. The van der Waals surface area contributed by atoms with Crippen molar-refractivity contribution in [2.24, 2.45) is 5.92 Å². The molecule has 3 nitrogen and oxygen atoms in total. The molecule has 1 heterocycles. The minimum absolute atomic E-state index is 0.618. The van der Waals surface area contributed by atoms with Crippen LogP contribution >= 0.6 is 0 Å². The lowest BCUT2D eigenvalue weighted by Crippen LogP contribution is -2.28. The fourth-order valence-corrected chi connectivity index (χ4v) is 3.13. The highest BCUT2D eigenvalue weighted by Crippen LogP contribution is 2.35. The Bertz CT molecular complexity index is 361. The van der Waals surface area contributed by atoms with Gasteiger partial charge in [-0.3, -0.25) is 9.97 Å². The Morgan fingerprint density at radius 3 is 2.72 bits per heavy atom. The first-order chi connectivity index (χ1) is 8.93. The monoisotopic (exact) mass is 245 g/mol. The average molecular weight is 245 g/mol. The highest BCUT2D eigenvalue weighted by atomic mass is 14.9. The number of hydrogen-bond acceptors (Lipinski definition) is 3. The molecule has 0 aliphatic heterocycles. The van der Waals surface area contributed by atoms with Gasteiger partial charge in [0.1, 0.15) is 0 Å². The maximum absolute atomic E-state index is 4.55. The summed E-state index contributed by atoms with van der Waals surface area (Å²) in [5.74, 6) is 1.37. The minimum atomic E-state index is 0.618. The zero-order valence-corrected chi connectivity index (χ0v) is 11.0. The molecule has 2 fully saturated rings. The molecule has 2 aliphatic carbocycles. The van der Waals surface area contributed by atoms with E-state index in [1.165, 1.54) is 57.2 Å². The van der Waals surface area contributed by atoms with Crippen LogP contribution < -0.4 is 5.32 Å². The van der Waals surface area contributed by atoms with Crippen LogP contribution in [0, 0.1) is 5.92 Å². The van der Waals surface area contributed by atoms with Crippen molar-refractivity contribution < 1.29 is 0 Å². The summed E-state index contributed by atoms with van der Waals surface area (Å²) in [6.45, 7) is 1.17. The second-order valence-electron chi connectivity index (χ2n) is 5.82. The summed E-state index contributed by atoms with van der Waals surface area (Å²) in [7, 11) is 0. The molecule has 1 aromatic rings. The predicted molar refractivity (Wildman–Crippen MR) is 72.4 cm³/mol. The van der Waals surface area contributed by atoms with E-state index in [0.29, 0.717) is 5.92 Å². The van der Waals surface area contributed by atoms with Gasteiger partial charge in [-0.25, -0.2) is 0 Å². The van der Waals surface area contributed by atoms with Gasteiger partial charge < -0.3 is 5.32 Å². The summed E-state index contributed by atoms with van der Waals surface area (Å²) in [4.78, 5) is 8.80. The van der Waals surface area contributed by atoms with Gasteiger partial charge in [0.25, 0.3) is 0 Å². The molecule has 0 amide bonds. The molecule has 2 unspecified atom stereocenters. The van der Waals surface area contributed by atoms with E-state index in [9.17, 15) is 0 Å². The van der Waals surface area contributed by atoms with Crippen molar-refractivity contribution in [3.8, 4) is 0 Å². The molecule has 98 valence electrons.